The molecule has 7 N–H and O–H groups in total. The van der Waals surface area contributed by atoms with Crippen LogP contribution in [0.5, 0.6) is 0 Å². The molecule has 13 heteroatoms. The molecule has 0 aliphatic carbocycles. The summed E-state index contributed by atoms with van der Waals surface area (Å²) in [4.78, 5) is 37.8. The van der Waals surface area contributed by atoms with Gasteiger partial charge in [0.05, 0.1) is 13.0 Å². The van der Waals surface area contributed by atoms with Gasteiger partial charge in [-0.15, -0.1) is 0 Å². The van der Waals surface area contributed by atoms with Crippen molar-refractivity contribution in [2.75, 3.05) is 11.9 Å². The summed E-state index contributed by atoms with van der Waals surface area (Å²) < 4.78 is 6.10. The Balaban J connectivity index is 0.00000338. The Hall–Kier alpha value is -1.28. The molecule has 1 saturated heterocycles. The molecule has 26 heavy (non-hydrogen) atoms. The molecule has 0 aromatic carbocycles. The maximum Gasteiger partial charge on any atom is 0.351 e. The van der Waals surface area contributed by atoms with E-state index in [2.05, 4.69) is 10.3 Å². The molecular weight excluding hydrogens is 429 g/mol. The second-order valence-corrected chi connectivity index (χ2v) is 5.43. The summed E-state index contributed by atoms with van der Waals surface area (Å²) >= 11 is 0. The molecule has 141 valence electrons. The van der Waals surface area contributed by atoms with E-state index in [-0.39, 0.29) is 38.5 Å². The Morgan fingerprint density at radius 2 is 2.04 bits per heavy atom. The first-order valence-corrected chi connectivity index (χ1v) is 7.24. The molecule has 12 nitrogen and oxygen atoms in total. The number of aliphatic carboxylic acids is 1. The van der Waals surface area contributed by atoms with Gasteiger partial charge in [-0.05, 0) is 6.07 Å². The number of anilines is 1. The summed E-state index contributed by atoms with van der Waals surface area (Å²) in [7, 11) is 0. The van der Waals surface area contributed by atoms with Crippen molar-refractivity contribution in [3.8, 4) is 0 Å². The fourth-order valence-corrected chi connectivity index (χ4v) is 2.27. The maximum absolute atomic E-state index is 12.0. The van der Waals surface area contributed by atoms with Crippen LogP contribution in [0.2, 0.25) is 0 Å². The van der Waals surface area contributed by atoms with E-state index >= 15 is 0 Å². The van der Waals surface area contributed by atoms with Crippen LogP contribution in [0.15, 0.2) is 17.1 Å². The van der Waals surface area contributed by atoms with Gasteiger partial charge in [0.1, 0.15) is 30.2 Å². The Kier molecular flexibility index (Phi) is 8.40. The quantitative estimate of drug-likeness (QED) is 0.256. The smallest absolute Gasteiger partial charge is 0.351 e. The summed E-state index contributed by atoms with van der Waals surface area (Å²) in [6.45, 7) is -0.547. The zero-order valence-corrected chi connectivity index (χ0v) is 16.3. The van der Waals surface area contributed by atoms with Gasteiger partial charge in [-0.3, -0.25) is 14.2 Å². The van der Waals surface area contributed by atoms with Gasteiger partial charge in [0.25, 0.3) is 0 Å². The molecule has 1 aromatic rings. The molecule has 1 amide bonds. The van der Waals surface area contributed by atoms with Gasteiger partial charge in [-0.1, -0.05) is 0 Å². The van der Waals surface area contributed by atoms with E-state index in [0.717, 1.165) is 4.57 Å². The predicted molar refractivity (Wildman–Crippen MR) is 80.4 cm³/mol. The number of aliphatic hydroxyl groups excluding tert-OH is 3. The van der Waals surface area contributed by atoms with Gasteiger partial charge in [0.15, 0.2) is 6.23 Å². The Morgan fingerprint density at radius 1 is 1.38 bits per heavy atom. The minimum Gasteiger partial charge on any atom is -0.480 e. The second kappa shape index (κ2) is 9.60. The molecule has 0 bridgehead atoms. The van der Waals surface area contributed by atoms with Crippen molar-refractivity contribution >= 4 is 17.7 Å². The summed E-state index contributed by atoms with van der Waals surface area (Å²) in [5.41, 5.74) is 4.33. The number of carbonyl (C=O) groups excluding carboxylic acids is 1. The first-order chi connectivity index (χ1) is 11.7. The maximum atomic E-state index is 12.0. The van der Waals surface area contributed by atoms with E-state index < -0.39 is 61.2 Å². The number of carboxylic acid groups (broad SMARTS) is 1. The Morgan fingerprint density at radius 3 is 2.54 bits per heavy atom. The van der Waals surface area contributed by atoms with Crippen LogP contribution in [0.1, 0.15) is 12.6 Å². The van der Waals surface area contributed by atoms with Crippen molar-refractivity contribution in [3.05, 3.63) is 22.7 Å². The summed E-state index contributed by atoms with van der Waals surface area (Å²) in [5, 5.41) is 39.5. The number of rotatable bonds is 6. The number of nitrogens with one attached hydrogen (secondary N) is 1. The first-order valence-electron chi connectivity index (χ1n) is 7.24. The van der Waals surface area contributed by atoms with Crippen molar-refractivity contribution in [1.29, 1.82) is 0 Å². The van der Waals surface area contributed by atoms with Gasteiger partial charge < -0.3 is 36.2 Å². The number of nitrogens with zero attached hydrogens (tertiary/aromatic N) is 2. The Labute approximate surface area is 171 Å². The van der Waals surface area contributed by atoms with Crippen LogP contribution >= 0.6 is 0 Å². The molecule has 2 rings (SSSR count). The van der Waals surface area contributed by atoms with Crippen LogP contribution in [0.25, 0.3) is 0 Å². The normalized spacial score (nSPS) is 26.0. The molecule has 2 heterocycles. The van der Waals surface area contributed by atoms with Crippen LogP contribution < -0.4 is 16.7 Å². The van der Waals surface area contributed by atoms with Crippen LogP contribution in [0, 0.1) is 0 Å². The van der Waals surface area contributed by atoms with Crippen LogP contribution in [0.4, 0.5) is 5.82 Å². The number of carbonyl (C=O) groups is 2. The standard InChI is InChI=1S/C13H18N4O8.Y/c14-5(12(22)23)3-8(19)15-7-1-2-17(13(24)16-7)11-10(21)9(20)6(4-18)25-11;/h1-2,5-6,9-11,18,20-21H,3-4,14H2,(H,22,23)(H,15,16,19,24);/t5?,6-,9?,10-,11-;/m1./s1. The van der Waals surface area contributed by atoms with Crippen molar-refractivity contribution in [3.63, 3.8) is 0 Å². The van der Waals surface area contributed by atoms with E-state index in [1.165, 1.54) is 12.3 Å². The summed E-state index contributed by atoms with van der Waals surface area (Å²) in [6, 6.07) is -0.167. The van der Waals surface area contributed by atoms with Gasteiger partial charge >= 0.3 is 11.7 Å². The number of aromatic nitrogens is 2. The van der Waals surface area contributed by atoms with Crippen LogP contribution in [-0.2, 0) is 47.0 Å². The summed E-state index contributed by atoms with van der Waals surface area (Å²) in [6.07, 6.45) is -4.47. The van der Waals surface area contributed by atoms with Gasteiger partial charge in [-0.2, -0.15) is 4.98 Å². The van der Waals surface area contributed by atoms with Gasteiger partial charge in [0, 0.05) is 38.9 Å². The van der Waals surface area contributed by atoms with Gasteiger partial charge in [0.2, 0.25) is 5.91 Å². The SMILES string of the molecule is NC(CC(=O)Nc1ccn([C@@H]2O[C@H](CO)C(O)[C@H]2O)c(=O)n1)C(=O)O.[Y]. The second-order valence-electron chi connectivity index (χ2n) is 5.43. The predicted octanol–water partition coefficient (Wildman–Crippen LogP) is -3.41. The van der Waals surface area contributed by atoms with Crippen LogP contribution in [-0.4, -0.2) is 72.8 Å². The average molecular weight is 447 g/mol. The molecule has 1 radical (unpaired) electrons. The third-order valence-corrected chi connectivity index (χ3v) is 3.61. The number of nitrogens with two attached hydrogens (primary N) is 1. The van der Waals surface area contributed by atoms with E-state index in [4.69, 9.17) is 20.7 Å². The van der Waals surface area contributed by atoms with E-state index in [9.17, 15) is 24.6 Å². The first kappa shape index (κ1) is 22.8. The molecule has 5 atom stereocenters. The molecule has 1 aromatic heterocycles. The number of aliphatic hydroxyl groups is 3. The minimum absolute atomic E-state index is 0. The number of hydrogen-bond donors (Lipinski definition) is 6. The fourth-order valence-electron chi connectivity index (χ4n) is 2.27. The average Bonchev–Trinajstić information content (AvgIpc) is 2.82. The molecule has 1 aliphatic heterocycles. The number of carboxylic acids is 1. The van der Waals surface area contributed by atoms with Crippen molar-refractivity contribution in [1.82, 2.24) is 9.55 Å². The number of hydrogen-bond acceptors (Lipinski definition) is 9. The van der Waals surface area contributed by atoms with Crippen molar-refractivity contribution in [2.45, 2.75) is 37.0 Å². The van der Waals surface area contributed by atoms with E-state index in [0.29, 0.717) is 0 Å². The zero-order chi connectivity index (χ0) is 18.7. The van der Waals surface area contributed by atoms with Crippen molar-refractivity contribution < 1.29 is 67.5 Å². The molecule has 1 aliphatic rings. The van der Waals surface area contributed by atoms with Gasteiger partial charge in [-0.25, -0.2) is 4.79 Å². The minimum atomic E-state index is -1.45. The molecule has 0 spiro atoms. The monoisotopic (exact) mass is 447 g/mol. The Bertz CT molecular complexity index is 714. The molecular formula is C13H18N4O8Y. The summed E-state index contributed by atoms with van der Waals surface area (Å²) in [5.74, 6) is -2.23. The van der Waals surface area contributed by atoms with E-state index in [1.807, 2.05) is 0 Å². The number of amides is 1. The molecule has 2 unspecified atom stereocenters. The molecule has 0 saturated carbocycles. The largest absolute Gasteiger partial charge is 0.480 e. The molecule has 1 fully saturated rings. The number of ether oxygens (including phenoxy) is 1. The van der Waals surface area contributed by atoms with Crippen LogP contribution in [0.3, 0.4) is 0 Å². The van der Waals surface area contributed by atoms with E-state index in [1.54, 1.807) is 0 Å². The topological polar surface area (TPSA) is 197 Å². The van der Waals surface area contributed by atoms with Crippen molar-refractivity contribution in [2.24, 2.45) is 5.73 Å². The third kappa shape index (κ3) is 5.13. The fraction of sp³-hybridized carbons (Fsp3) is 0.538. The zero-order valence-electron chi connectivity index (χ0n) is 13.4. The third-order valence-electron chi connectivity index (χ3n) is 3.61.